The van der Waals surface area contributed by atoms with E-state index in [2.05, 4.69) is 20.8 Å². The molecule has 2 rings (SSSR count). The second-order valence-corrected chi connectivity index (χ2v) is 9.24. The second kappa shape index (κ2) is 5.64. The molecule has 2 saturated heterocycles. The van der Waals surface area contributed by atoms with Crippen molar-refractivity contribution in [3.8, 4) is 0 Å². The lowest BCUT2D eigenvalue weighted by molar-refractivity contribution is -0.132. The largest absolute Gasteiger partial charge is 0.339 e. The first-order valence-corrected chi connectivity index (χ1v) is 9.07. The van der Waals surface area contributed by atoms with Crippen LogP contribution in [-0.4, -0.2) is 55.0 Å². The molecule has 6 heteroatoms. The maximum Gasteiger partial charge on any atom is 0.238 e. The molecule has 0 aromatic rings. The predicted octanol–water partition coefficient (Wildman–Crippen LogP) is 1.45. The molecule has 1 unspecified atom stereocenters. The van der Waals surface area contributed by atoms with Crippen LogP contribution < -0.4 is 0 Å². The number of nitrogens with zero attached hydrogens (tertiary/aromatic N) is 2. The molecular weight excluding hydrogens is 276 g/mol. The molecule has 0 spiro atoms. The van der Waals surface area contributed by atoms with E-state index >= 15 is 0 Å². The summed E-state index contributed by atoms with van der Waals surface area (Å²) in [7, 11) is -3.18. The van der Waals surface area contributed by atoms with E-state index in [0.29, 0.717) is 13.0 Å². The summed E-state index contributed by atoms with van der Waals surface area (Å²) in [6, 6.07) is 0.271. The van der Waals surface area contributed by atoms with Gasteiger partial charge in [0.25, 0.3) is 0 Å². The maximum atomic E-state index is 12.4. The predicted molar refractivity (Wildman–Crippen MR) is 78.8 cm³/mol. The van der Waals surface area contributed by atoms with Gasteiger partial charge in [0.2, 0.25) is 15.9 Å². The van der Waals surface area contributed by atoms with Gasteiger partial charge in [-0.2, -0.15) is 4.31 Å². The number of hydrogen-bond acceptors (Lipinski definition) is 3. The number of rotatable bonds is 3. The van der Waals surface area contributed by atoms with Crippen molar-refractivity contribution in [3.63, 3.8) is 0 Å². The molecule has 2 aliphatic rings. The van der Waals surface area contributed by atoms with E-state index in [1.807, 2.05) is 4.90 Å². The molecule has 0 aromatic carbocycles. The highest BCUT2D eigenvalue weighted by Crippen LogP contribution is 2.30. The molecule has 0 N–H and O–H groups in total. The topological polar surface area (TPSA) is 57.7 Å². The molecule has 20 heavy (non-hydrogen) atoms. The van der Waals surface area contributed by atoms with Crippen LogP contribution in [0.5, 0.6) is 0 Å². The zero-order valence-corrected chi connectivity index (χ0v) is 13.6. The molecule has 116 valence electrons. The van der Waals surface area contributed by atoms with Gasteiger partial charge in [-0.3, -0.25) is 4.79 Å². The summed E-state index contributed by atoms with van der Waals surface area (Å²) in [5, 5.41) is 0. The van der Waals surface area contributed by atoms with E-state index in [1.54, 1.807) is 0 Å². The minimum Gasteiger partial charge on any atom is -0.339 e. The summed E-state index contributed by atoms with van der Waals surface area (Å²) < 4.78 is 24.9. The third kappa shape index (κ3) is 3.73. The SMILES string of the molecule is CC(C)(C)CC1CCCN1C(=O)CN1CCCS1(=O)=O. The number of hydrogen-bond donors (Lipinski definition) is 0. The zero-order valence-electron chi connectivity index (χ0n) is 12.8. The second-order valence-electron chi connectivity index (χ2n) is 7.15. The van der Waals surface area contributed by atoms with Crippen molar-refractivity contribution < 1.29 is 13.2 Å². The van der Waals surface area contributed by atoms with Crippen LogP contribution in [0.3, 0.4) is 0 Å². The summed E-state index contributed by atoms with van der Waals surface area (Å²) in [5.74, 6) is 0.160. The molecule has 0 aliphatic carbocycles. The zero-order chi connectivity index (χ0) is 15.0. The van der Waals surface area contributed by atoms with Crippen LogP contribution in [0.4, 0.5) is 0 Å². The molecule has 0 bridgehead atoms. The molecule has 0 radical (unpaired) electrons. The van der Waals surface area contributed by atoms with Crippen molar-refractivity contribution in [3.05, 3.63) is 0 Å². The molecule has 1 atom stereocenters. The smallest absolute Gasteiger partial charge is 0.238 e. The fourth-order valence-electron chi connectivity index (χ4n) is 3.19. The number of likely N-dealkylation sites (tertiary alicyclic amines) is 1. The summed E-state index contributed by atoms with van der Waals surface area (Å²) in [6.45, 7) is 7.83. The third-order valence-corrected chi connectivity index (χ3v) is 5.96. The summed E-state index contributed by atoms with van der Waals surface area (Å²) in [6.07, 6.45) is 3.68. The third-order valence-electron chi connectivity index (χ3n) is 4.06. The highest BCUT2D eigenvalue weighted by Gasteiger charge is 2.35. The molecule has 0 aromatic heterocycles. The van der Waals surface area contributed by atoms with E-state index in [-0.39, 0.29) is 29.7 Å². The van der Waals surface area contributed by atoms with Crippen LogP contribution in [-0.2, 0) is 14.8 Å². The van der Waals surface area contributed by atoms with Crippen molar-refractivity contribution >= 4 is 15.9 Å². The van der Waals surface area contributed by atoms with Crippen molar-refractivity contribution in [1.82, 2.24) is 9.21 Å². The Morgan fingerprint density at radius 1 is 1.20 bits per heavy atom. The maximum absolute atomic E-state index is 12.4. The Morgan fingerprint density at radius 3 is 2.45 bits per heavy atom. The fourth-order valence-corrected chi connectivity index (χ4v) is 4.66. The van der Waals surface area contributed by atoms with E-state index < -0.39 is 10.0 Å². The number of carbonyl (C=O) groups excluding carboxylic acids is 1. The van der Waals surface area contributed by atoms with Gasteiger partial charge in [0.15, 0.2) is 0 Å². The number of amides is 1. The molecular formula is C14H26N2O3S. The molecule has 5 nitrogen and oxygen atoms in total. The average molecular weight is 302 g/mol. The van der Waals surface area contributed by atoms with Gasteiger partial charge >= 0.3 is 0 Å². The van der Waals surface area contributed by atoms with Crippen molar-refractivity contribution in [2.45, 2.75) is 52.5 Å². The number of carbonyl (C=O) groups is 1. The highest BCUT2D eigenvalue weighted by atomic mass is 32.2. The molecule has 2 fully saturated rings. The lowest BCUT2D eigenvalue weighted by Gasteiger charge is -2.31. The van der Waals surface area contributed by atoms with Crippen molar-refractivity contribution in [2.75, 3.05) is 25.4 Å². The molecule has 2 heterocycles. The van der Waals surface area contributed by atoms with E-state index in [1.165, 1.54) is 4.31 Å². The van der Waals surface area contributed by atoms with Crippen LogP contribution in [0.25, 0.3) is 0 Å². The first-order chi connectivity index (χ1) is 9.19. The molecule has 0 saturated carbocycles. The number of sulfonamides is 1. The van der Waals surface area contributed by atoms with Gasteiger partial charge in [-0.15, -0.1) is 0 Å². The first kappa shape index (κ1) is 15.8. The van der Waals surface area contributed by atoms with Gasteiger partial charge in [0.1, 0.15) is 0 Å². The Labute approximate surface area is 122 Å². The van der Waals surface area contributed by atoms with Gasteiger partial charge in [0.05, 0.1) is 12.3 Å². The summed E-state index contributed by atoms with van der Waals surface area (Å²) >= 11 is 0. The Hall–Kier alpha value is -0.620. The van der Waals surface area contributed by atoms with Gasteiger partial charge in [0, 0.05) is 19.1 Å². The van der Waals surface area contributed by atoms with Gasteiger partial charge in [-0.05, 0) is 31.1 Å². The van der Waals surface area contributed by atoms with E-state index in [4.69, 9.17) is 0 Å². The molecule has 1 amide bonds. The highest BCUT2D eigenvalue weighted by molar-refractivity contribution is 7.89. The van der Waals surface area contributed by atoms with Crippen LogP contribution in [0.2, 0.25) is 0 Å². The summed E-state index contributed by atoms with van der Waals surface area (Å²) in [5.41, 5.74) is 0.188. The van der Waals surface area contributed by atoms with Crippen LogP contribution in [0.15, 0.2) is 0 Å². The molecule has 2 aliphatic heterocycles. The van der Waals surface area contributed by atoms with Crippen molar-refractivity contribution in [1.29, 1.82) is 0 Å². The first-order valence-electron chi connectivity index (χ1n) is 7.46. The van der Waals surface area contributed by atoms with E-state index in [9.17, 15) is 13.2 Å². The van der Waals surface area contributed by atoms with Crippen LogP contribution >= 0.6 is 0 Å². The Balaban J connectivity index is 1.98. The Morgan fingerprint density at radius 2 is 1.90 bits per heavy atom. The standard InChI is InChI=1S/C14H26N2O3S/c1-14(2,3)10-12-6-4-8-16(12)13(17)11-15-7-5-9-20(15,18)19/h12H,4-11H2,1-3H3. The quantitative estimate of drug-likeness (QED) is 0.793. The van der Waals surface area contributed by atoms with Crippen molar-refractivity contribution in [2.24, 2.45) is 5.41 Å². The van der Waals surface area contributed by atoms with Gasteiger partial charge < -0.3 is 4.90 Å². The lowest BCUT2D eigenvalue weighted by atomic mass is 9.87. The fraction of sp³-hybridized carbons (Fsp3) is 0.929. The normalized spacial score (nSPS) is 27.1. The van der Waals surface area contributed by atoms with Crippen LogP contribution in [0, 0.1) is 5.41 Å². The monoisotopic (exact) mass is 302 g/mol. The Bertz CT molecular complexity index is 467. The lowest BCUT2D eigenvalue weighted by Crippen LogP contribution is -2.44. The van der Waals surface area contributed by atoms with Gasteiger partial charge in [-0.1, -0.05) is 20.8 Å². The van der Waals surface area contributed by atoms with Gasteiger partial charge in [-0.25, -0.2) is 8.42 Å². The Kier molecular flexibility index (Phi) is 4.44. The van der Waals surface area contributed by atoms with E-state index in [0.717, 1.165) is 25.8 Å². The minimum absolute atomic E-state index is 0.0257. The summed E-state index contributed by atoms with van der Waals surface area (Å²) in [4.78, 5) is 14.3. The van der Waals surface area contributed by atoms with Crippen LogP contribution in [0.1, 0.15) is 46.5 Å². The average Bonchev–Trinajstić information content (AvgIpc) is 2.84. The minimum atomic E-state index is -3.18.